The lowest BCUT2D eigenvalue weighted by atomic mass is 9.70. The zero-order valence-electron chi connectivity index (χ0n) is 11.3. The summed E-state index contributed by atoms with van der Waals surface area (Å²) >= 11 is 6.00. The number of primary amides is 1. The SMILES string of the molecule is CCC1CCCCC1(Nc1cccc(Cl)c1)C(N)=O. The number of nitrogens with one attached hydrogen (secondary N) is 1. The number of nitrogens with two attached hydrogens (primary N) is 1. The summed E-state index contributed by atoms with van der Waals surface area (Å²) in [4.78, 5) is 12.1. The van der Waals surface area contributed by atoms with Gasteiger partial charge in [0.2, 0.25) is 5.91 Å². The minimum Gasteiger partial charge on any atom is -0.371 e. The lowest BCUT2D eigenvalue weighted by molar-refractivity contribution is -0.125. The van der Waals surface area contributed by atoms with Crippen molar-refractivity contribution in [2.24, 2.45) is 11.7 Å². The molecule has 0 aromatic heterocycles. The van der Waals surface area contributed by atoms with Crippen molar-refractivity contribution in [2.45, 2.75) is 44.6 Å². The van der Waals surface area contributed by atoms with E-state index in [0.29, 0.717) is 5.02 Å². The van der Waals surface area contributed by atoms with Gasteiger partial charge in [-0.2, -0.15) is 0 Å². The average molecular weight is 281 g/mol. The normalized spacial score (nSPS) is 26.9. The number of anilines is 1. The lowest BCUT2D eigenvalue weighted by Crippen LogP contribution is -2.57. The molecular formula is C15H21ClN2O. The Morgan fingerprint density at radius 1 is 1.53 bits per heavy atom. The monoisotopic (exact) mass is 280 g/mol. The van der Waals surface area contributed by atoms with Crippen LogP contribution in [0.15, 0.2) is 24.3 Å². The van der Waals surface area contributed by atoms with Crippen LogP contribution in [-0.4, -0.2) is 11.4 Å². The standard InChI is InChI=1S/C15H21ClN2O/c1-2-11-6-3-4-9-15(11,14(17)19)18-13-8-5-7-12(16)10-13/h5,7-8,10-11,18H,2-4,6,9H2,1H3,(H2,17,19). The van der Waals surface area contributed by atoms with Crippen molar-refractivity contribution in [3.63, 3.8) is 0 Å². The maximum absolute atomic E-state index is 12.1. The van der Waals surface area contributed by atoms with Gasteiger partial charge in [-0.25, -0.2) is 0 Å². The Morgan fingerprint density at radius 3 is 2.95 bits per heavy atom. The van der Waals surface area contributed by atoms with E-state index in [-0.39, 0.29) is 11.8 Å². The van der Waals surface area contributed by atoms with Gasteiger partial charge in [0.05, 0.1) is 0 Å². The summed E-state index contributed by atoms with van der Waals surface area (Å²) in [6, 6.07) is 7.47. The number of hydrogen-bond acceptors (Lipinski definition) is 2. The molecule has 1 aliphatic carbocycles. The molecule has 3 N–H and O–H groups in total. The molecule has 2 rings (SSSR count). The number of halogens is 1. The number of benzene rings is 1. The molecule has 0 saturated heterocycles. The topological polar surface area (TPSA) is 55.1 Å². The molecule has 4 heteroatoms. The van der Waals surface area contributed by atoms with Crippen LogP contribution >= 0.6 is 11.6 Å². The van der Waals surface area contributed by atoms with Crippen LogP contribution < -0.4 is 11.1 Å². The van der Waals surface area contributed by atoms with Crippen molar-refractivity contribution in [1.82, 2.24) is 0 Å². The smallest absolute Gasteiger partial charge is 0.243 e. The number of hydrogen-bond donors (Lipinski definition) is 2. The highest BCUT2D eigenvalue weighted by Gasteiger charge is 2.44. The predicted molar refractivity (Wildman–Crippen MR) is 79.2 cm³/mol. The summed E-state index contributed by atoms with van der Waals surface area (Å²) in [6.07, 6.45) is 5.01. The van der Waals surface area contributed by atoms with Crippen LogP contribution in [0.25, 0.3) is 0 Å². The molecule has 3 nitrogen and oxygen atoms in total. The van der Waals surface area contributed by atoms with E-state index in [9.17, 15) is 4.79 Å². The van der Waals surface area contributed by atoms with E-state index >= 15 is 0 Å². The molecule has 104 valence electrons. The Hall–Kier alpha value is -1.22. The molecule has 1 aromatic rings. The van der Waals surface area contributed by atoms with Crippen LogP contribution in [0, 0.1) is 5.92 Å². The van der Waals surface area contributed by atoms with Gasteiger partial charge >= 0.3 is 0 Å². The first-order valence-corrected chi connectivity index (χ1v) is 7.30. The van der Waals surface area contributed by atoms with E-state index in [2.05, 4.69) is 12.2 Å². The number of carbonyl (C=O) groups excluding carboxylic acids is 1. The molecule has 0 bridgehead atoms. The van der Waals surface area contributed by atoms with Crippen molar-refractivity contribution in [2.75, 3.05) is 5.32 Å². The average Bonchev–Trinajstić information content (AvgIpc) is 2.39. The van der Waals surface area contributed by atoms with E-state index < -0.39 is 5.54 Å². The third kappa shape index (κ3) is 2.86. The van der Waals surface area contributed by atoms with Gasteiger partial charge in [-0.3, -0.25) is 4.79 Å². The van der Waals surface area contributed by atoms with E-state index in [4.69, 9.17) is 17.3 Å². The molecular weight excluding hydrogens is 260 g/mol. The predicted octanol–water partition coefficient (Wildman–Crippen LogP) is 3.58. The van der Waals surface area contributed by atoms with Crippen molar-refractivity contribution in [3.05, 3.63) is 29.3 Å². The molecule has 19 heavy (non-hydrogen) atoms. The molecule has 2 unspecified atom stereocenters. The Balaban J connectivity index is 2.31. The second-order valence-electron chi connectivity index (χ2n) is 5.32. The van der Waals surface area contributed by atoms with Crippen LogP contribution in [0.3, 0.4) is 0 Å². The summed E-state index contributed by atoms with van der Waals surface area (Å²) in [7, 11) is 0. The quantitative estimate of drug-likeness (QED) is 0.886. The van der Waals surface area contributed by atoms with Crippen LogP contribution in [0.1, 0.15) is 39.0 Å². The van der Waals surface area contributed by atoms with E-state index in [1.807, 2.05) is 24.3 Å². The highest BCUT2D eigenvalue weighted by atomic mass is 35.5. The molecule has 2 atom stereocenters. The zero-order valence-corrected chi connectivity index (χ0v) is 12.0. The molecule has 1 amide bonds. The second kappa shape index (κ2) is 5.83. The van der Waals surface area contributed by atoms with Gasteiger partial charge in [-0.15, -0.1) is 0 Å². The first kappa shape index (κ1) is 14.2. The summed E-state index contributed by atoms with van der Waals surface area (Å²) < 4.78 is 0. The van der Waals surface area contributed by atoms with Crippen LogP contribution in [0.2, 0.25) is 5.02 Å². The summed E-state index contributed by atoms with van der Waals surface area (Å²) in [6.45, 7) is 2.12. The van der Waals surface area contributed by atoms with Crippen LogP contribution in [0.4, 0.5) is 5.69 Å². The summed E-state index contributed by atoms with van der Waals surface area (Å²) in [5.74, 6) is 0.0387. The maximum atomic E-state index is 12.1. The summed E-state index contributed by atoms with van der Waals surface area (Å²) in [5, 5.41) is 4.04. The molecule has 0 heterocycles. The molecule has 0 radical (unpaired) electrons. The van der Waals surface area contributed by atoms with E-state index in [1.165, 1.54) is 6.42 Å². The van der Waals surface area contributed by atoms with Crippen molar-refractivity contribution in [1.29, 1.82) is 0 Å². The molecule has 0 spiro atoms. The number of rotatable bonds is 4. The van der Waals surface area contributed by atoms with Gasteiger partial charge in [0, 0.05) is 10.7 Å². The van der Waals surface area contributed by atoms with Crippen molar-refractivity contribution >= 4 is 23.2 Å². The maximum Gasteiger partial charge on any atom is 0.243 e. The third-order valence-corrected chi connectivity index (χ3v) is 4.43. The second-order valence-corrected chi connectivity index (χ2v) is 5.76. The first-order chi connectivity index (χ1) is 9.08. The largest absolute Gasteiger partial charge is 0.371 e. The van der Waals surface area contributed by atoms with Gasteiger partial charge in [0.1, 0.15) is 5.54 Å². The van der Waals surface area contributed by atoms with Crippen molar-refractivity contribution < 1.29 is 4.79 Å². The highest BCUT2D eigenvalue weighted by molar-refractivity contribution is 6.30. The van der Waals surface area contributed by atoms with Gasteiger partial charge in [0.15, 0.2) is 0 Å². The fourth-order valence-corrected chi connectivity index (χ4v) is 3.36. The van der Waals surface area contributed by atoms with Crippen molar-refractivity contribution in [3.8, 4) is 0 Å². The molecule has 1 aromatic carbocycles. The Labute approximate surface area is 119 Å². The van der Waals surface area contributed by atoms with Gasteiger partial charge in [-0.1, -0.05) is 43.9 Å². The first-order valence-electron chi connectivity index (χ1n) is 6.92. The Bertz CT molecular complexity index is 463. The Morgan fingerprint density at radius 2 is 2.32 bits per heavy atom. The van der Waals surface area contributed by atoms with Gasteiger partial charge < -0.3 is 11.1 Å². The third-order valence-electron chi connectivity index (χ3n) is 4.20. The molecule has 0 aliphatic heterocycles. The molecule has 1 fully saturated rings. The molecule has 1 saturated carbocycles. The summed E-state index contributed by atoms with van der Waals surface area (Å²) in [5.41, 5.74) is 5.96. The van der Waals surface area contributed by atoms with E-state index in [1.54, 1.807) is 0 Å². The van der Waals surface area contributed by atoms with Crippen LogP contribution in [-0.2, 0) is 4.79 Å². The van der Waals surface area contributed by atoms with Crippen LogP contribution in [0.5, 0.6) is 0 Å². The molecule has 1 aliphatic rings. The minimum atomic E-state index is -0.627. The fraction of sp³-hybridized carbons (Fsp3) is 0.533. The highest BCUT2D eigenvalue weighted by Crippen LogP contribution is 2.38. The van der Waals surface area contributed by atoms with E-state index in [0.717, 1.165) is 31.4 Å². The minimum absolute atomic E-state index is 0.251. The zero-order chi connectivity index (χ0) is 13.9. The fourth-order valence-electron chi connectivity index (χ4n) is 3.17. The lowest BCUT2D eigenvalue weighted by Gasteiger charge is -2.42. The number of carbonyl (C=O) groups is 1. The van der Waals surface area contributed by atoms with Gasteiger partial charge in [-0.05, 0) is 37.0 Å². The Kier molecular flexibility index (Phi) is 4.35. The van der Waals surface area contributed by atoms with Gasteiger partial charge in [0.25, 0.3) is 0 Å². The number of amides is 1.